The Morgan fingerprint density at radius 1 is 1.36 bits per heavy atom. The number of nitrogens with two attached hydrogens (primary N) is 1. The number of aliphatic hydroxyl groups excluding tert-OH is 1. The molecule has 1 aromatic carbocycles. The smallest absolute Gasteiger partial charge is 0.239 e. The standard InChI is InChI=1S/C16H23FN2O2.ClH/c1-2-14(18)16(21)19-9-7-12(8-10-19)15(20)11-3-5-13(17)6-4-11;/h3-6,12,14-15,20H,2,7-10,18H2,1H3;1H/t14-,15?;/m0./s1. The number of aliphatic hydroxyl groups is 1. The number of hydrogen-bond donors (Lipinski definition) is 2. The Morgan fingerprint density at radius 2 is 1.91 bits per heavy atom. The molecule has 0 saturated carbocycles. The number of halogens is 2. The van der Waals surface area contributed by atoms with Gasteiger partial charge in [0.05, 0.1) is 12.1 Å². The predicted molar refractivity (Wildman–Crippen MR) is 86.2 cm³/mol. The van der Waals surface area contributed by atoms with Crippen LogP contribution in [-0.4, -0.2) is 35.0 Å². The molecule has 124 valence electrons. The number of carbonyl (C=O) groups is 1. The second-order valence-electron chi connectivity index (χ2n) is 5.67. The molecule has 1 aliphatic rings. The van der Waals surface area contributed by atoms with Gasteiger partial charge in [-0.3, -0.25) is 4.79 Å². The topological polar surface area (TPSA) is 66.6 Å². The number of piperidine rings is 1. The maximum absolute atomic E-state index is 12.9. The van der Waals surface area contributed by atoms with Gasteiger partial charge in [-0.05, 0) is 42.9 Å². The molecular weight excluding hydrogens is 307 g/mol. The summed E-state index contributed by atoms with van der Waals surface area (Å²) in [6.45, 7) is 3.14. The Balaban J connectivity index is 0.00000242. The van der Waals surface area contributed by atoms with Gasteiger partial charge in [0, 0.05) is 13.1 Å². The van der Waals surface area contributed by atoms with Crippen LogP contribution < -0.4 is 5.73 Å². The summed E-state index contributed by atoms with van der Waals surface area (Å²) < 4.78 is 12.9. The second-order valence-corrected chi connectivity index (χ2v) is 5.67. The molecule has 6 heteroatoms. The molecule has 1 amide bonds. The first-order valence-electron chi connectivity index (χ1n) is 7.50. The number of amides is 1. The molecule has 1 aliphatic heterocycles. The second kappa shape index (κ2) is 8.46. The van der Waals surface area contributed by atoms with Crippen molar-refractivity contribution < 1.29 is 14.3 Å². The van der Waals surface area contributed by atoms with Gasteiger partial charge in [0.15, 0.2) is 0 Å². The van der Waals surface area contributed by atoms with Crippen molar-refractivity contribution in [3.8, 4) is 0 Å². The van der Waals surface area contributed by atoms with E-state index in [9.17, 15) is 14.3 Å². The molecule has 22 heavy (non-hydrogen) atoms. The fourth-order valence-corrected chi connectivity index (χ4v) is 2.78. The summed E-state index contributed by atoms with van der Waals surface area (Å²) in [6, 6.07) is 5.52. The Kier molecular flexibility index (Phi) is 7.26. The van der Waals surface area contributed by atoms with Crippen molar-refractivity contribution in [1.29, 1.82) is 0 Å². The third-order valence-corrected chi connectivity index (χ3v) is 4.27. The first-order valence-corrected chi connectivity index (χ1v) is 7.50. The lowest BCUT2D eigenvalue weighted by Crippen LogP contribution is -2.47. The molecule has 0 bridgehead atoms. The normalized spacial score (nSPS) is 18.5. The molecule has 4 nitrogen and oxygen atoms in total. The number of likely N-dealkylation sites (tertiary alicyclic amines) is 1. The number of hydrogen-bond acceptors (Lipinski definition) is 3. The monoisotopic (exact) mass is 330 g/mol. The molecule has 0 radical (unpaired) electrons. The van der Waals surface area contributed by atoms with Crippen LogP contribution >= 0.6 is 12.4 Å². The first kappa shape index (κ1) is 18.9. The van der Waals surface area contributed by atoms with E-state index in [1.54, 1.807) is 17.0 Å². The van der Waals surface area contributed by atoms with Gasteiger partial charge < -0.3 is 15.7 Å². The average Bonchev–Trinajstić information content (AvgIpc) is 2.53. The highest BCUT2D eigenvalue weighted by Gasteiger charge is 2.29. The zero-order chi connectivity index (χ0) is 15.4. The van der Waals surface area contributed by atoms with Crippen LogP contribution in [0.5, 0.6) is 0 Å². The van der Waals surface area contributed by atoms with E-state index < -0.39 is 12.1 Å². The van der Waals surface area contributed by atoms with E-state index in [-0.39, 0.29) is 30.0 Å². The van der Waals surface area contributed by atoms with Gasteiger partial charge in [0.1, 0.15) is 5.82 Å². The lowest BCUT2D eigenvalue weighted by molar-refractivity contribution is -0.134. The summed E-state index contributed by atoms with van der Waals surface area (Å²) in [4.78, 5) is 13.8. The highest BCUT2D eigenvalue weighted by atomic mass is 35.5. The highest BCUT2D eigenvalue weighted by molar-refractivity contribution is 5.85. The molecule has 2 rings (SSSR count). The van der Waals surface area contributed by atoms with Crippen LogP contribution in [0.3, 0.4) is 0 Å². The SMILES string of the molecule is CC[C@H](N)C(=O)N1CCC(C(O)c2ccc(F)cc2)CC1.Cl. The average molecular weight is 331 g/mol. The molecule has 0 spiro atoms. The third kappa shape index (κ3) is 4.41. The van der Waals surface area contributed by atoms with Crippen molar-refractivity contribution in [3.05, 3.63) is 35.6 Å². The molecule has 2 atom stereocenters. The van der Waals surface area contributed by atoms with Crippen molar-refractivity contribution in [2.75, 3.05) is 13.1 Å². The van der Waals surface area contributed by atoms with Crippen molar-refractivity contribution in [1.82, 2.24) is 4.90 Å². The molecular formula is C16H24ClFN2O2. The molecule has 0 aliphatic carbocycles. The van der Waals surface area contributed by atoms with Gasteiger partial charge in [-0.25, -0.2) is 4.39 Å². The number of nitrogens with zero attached hydrogens (tertiary/aromatic N) is 1. The summed E-state index contributed by atoms with van der Waals surface area (Å²) in [5, 5.41) is 10.4. The fourth-order valence-electron chi connectivity index (χ4n) is 2.78. The summed E-state index contributed by atoms with van der Waals surface area (Å²) in [6.07, 6.45) is 1.50. The maximum Gasteiger partial charge on any atom is 0.239 e. The molecule has 3 N–H and O–H groups in total. The lowest BCUT2D eigenvalue weighted by Gasteiger charge is -2.35. The number of benzene rings is 1. The van der Waals surface area contributed by atoms with Crippen molar-refractivity contribution in [2.24, 2.45) is 11.7 Å². The Hall–Kier alpha value is -1.17. The van der Waals surface area contributed by atoms with Gasteiger partial charge in [-0.2, -0.15) is 0 Å². The lowest BCUT2D eigenvalue weighted by atomic mass is 9.87. The van der Waals surface area contributed by atoms with E-state index in [0.717, 1.165) is 18.4 Å². The van der Waals surface area contributed by atoms with Crippen LogP contribution in [0.2, 0.25) is 0 Å². The molecule has 1 unspecified atom stereocenters. The molecule has 1 fully saturated rings. The summed E-state index contributed by atoms with van der Waals surface area (Å²) >= 11 is 0. The van der Waals surface area contributed by atoms with Crippen LogP contribution in [0.4, 0.5) is 4.39 Å². The van der Waals surface area contributed by atoms with Gasteiger partial charge in [0.2, 0.25) is 5.91 Å². The summed E-state index contributed by atoms with van der Waals surface area (Å²) in [5.74, 6) is -0.218. The zero-order valence-corrected chi connectivity index (χ0v) is 13.6. The molecule has 1 heterocycles. The first-order chi connectivity index (χ1) is 10.0. The number of carbonyl (C=O) groups excluding carboxylic acids is 1. The van der Waals surface area contributed by atoms with E-state index >= 15 is 0 Å². The van der Waals surface area contributed by atoms with Crippen molar-refractivity contribution in [3.63, 3.8) is 0 Å². The summed E-state index contributed by atoms with van der Waals surface area (Å²) in [5.41, 5.74) is 6.50. The van der Waals surface area contributed by atoms with E-state index in [1.807, 2.05) is 6.92 Å². The molecule has 1 saturated heterocycles. The predicted octanol–water partition coefficient (Wildman–Crippen LogP) is 2.26. The largest absolute Gasteiger partial charge is 0.388 e. The van der Waals surface area contributed by atoms with Crippen LogP contribution in [0.25, 0.3) is 0 Å². The van der Waals surface area contributed by atoms with E-state index in [1.165, 1.54) is 12.1 Å². The van der Waals surface area contributed by atoms with Crippen molar-refractivity contribution in [2.45, 2.75) is 38.3 Å². The minimum Gasteiger partial charge on any atom is -0.388 e. The molecule has 1 aromatic rings. The van der Waals surface area contributed by atoms with Crippen LogP contribution in [0, 0.1) is 11.7 Å². The quantitative estimate of drug-likeness (QED) is 0.890. The zero-order valence-electron chi connectivity index (χ0n) is 12.7. The Bertz CT molecular complexity index is 476. The van der Waals surface area contributed by atoms with Crippen molar-refractivity contribution >= 4 is 18.3 Å². The maximum atomic E-state index is 12.9. The van der Waals surface area contributed by atoms with Gasteiger partial charge in [-0.1, -0.05) is 19.1 Å². The van der Waals surface area contributed by atoms with Gasteiger partial charge >= 0.3 is 0 Å². The van der Waals surface area contributed by atoms with Gasteiger partial charge in [0.25, 0.3) is 0 Å². The van der Waals surface area contributed by atoms with Crippen LogP contribution in [-0.2, 0) is 4.79 Å². The van der Waals surface area contributed by atoms with Crippen LogP contribution in [0.15, 0.2) is 24.3 Å². The fraction of sp³-hybridized carbons (Fsp3) is 0.562. The van der Waals surface area contributed by atoms with Crippen LogP contribution in [0.1, 0.15) is 37.9 Å². The van der Waals surface area contributed by atoms with E-state index in [2.05, 4.69) is 0 Å². The third-order valence-electron chi connectivity index (χ3n) is 4.27. The van der Waals surface area contributed by atoms with E-state index in [4.69, 9.17) is 5.73 Å². The minimum atomic E-state index is -0.609. The minimum absolute atomic E-state index is 0. The van der Waals surface area contributed by atoms with E-state index in [0.29, 0.717) is 19.5 Å². The van der Waals surface area contributed by atoms with Gasteiger partial charge in [-0.15, -0.1) is 12.4 Å². The highest BCUT2D eigenvalue weighted by Crippen LogP contribution is 2.30. The molecule has 0 aromatic heterocycles. The summed E-state index contributed by atoms with van der Waals surface area (Å²) in [7, 11) is 0. The number of rotatable bonds is 4. The Labute approximate surface area is 136 Å². The Morgan fingerprint density at radius 3 is 2.41 bits per heavy atom.